The molecule has 0 spiro atoms. The van der Waals surface area contributed by atoms with E-state index in [4.69, 9.17) is 0 Å². The molecule has 0 radical (unpaired) electrons. The molecule has 2 aromatic heterocycles. The van der Waals surface area contributed by atoms with Gasteiger partial charge in [0, 0.05) is 23.3 Å². The summed E-state index contributed by atoms with van der Waals surface area (Å²) in [5, 5.41) is 0.581. The molecule has 0 bridgehead atoms. The number of ketones is 1. The average Bonchev–Trinajstić information content (AvgIpc) is 2.88. The van der Waals surface area contributed by atoms with Crippen molar-refractivity contribution in [1.82, 2.24) is 8.96 Å². The fourth-order valence-corrected chi connectivity index (χ4v) is 3.61. The third-order valence-corrected chi connectivity index (χ3v) is 4.94. The molecule has 0 fully saturated rings. The second-order valence-electron chi connectivity index (χ2n) is 4.61. The van der Waals surface area contributed by atoms with Crippen LogP contribution in [0.1, 0.15) is 17.3 Å². The first kappa shape index (κ1) is 13.5. The molecule has 1 aromatic carbocycles. The fourth-order valence-electron chi connectivity index (χ4n) is 2.23. The third kappa shape index (κ3) is 2.13. The fraction of sp³-hybridized carbons (Fsp3) is 0.0667. The molecular weight excluding hydrogens is 288 g/mol. The number of nitrogens with zero attached hydrogens (tertiary/aromatic N) is 2. The molecule has 0 N–H and O–H groups in total. The zero-order valence-corrected chi connectivity index (χ0v) is 12.0. The standard InChI is InChI=1S/C15H12N2O3S/c1-11(18)14-10-17(15-9-16-8-7-13(14)15)21(19,20)12-5-3-2-4-6-12/h2-10H,1H3. The zero-order valence-electron chi connectivity index (χ0n) is 11.2. The summed E-state index contributed by atoms with van der Waals surface area (Å²) in [7, 11) is -3.75. The first-order valence-electron chi connectivity index (χ1n) is 6.28. The molecule has 3 aromatic rings. The number of Topliss-reactive ketones (excluding diaryl/α,β-unsaturated/α-hetero) is 1. The summed E-state index contributed by atoms with van der Waals surface area (Å²) in [6.07, 6.45) is 4.34. The minimum atomic E-state index is -3.75. The van der Waals surface area contributed by atoms with Gasteiger partial charge in [-0.25, -0.2) is 12.4 Å². The van der Waals surface area contributed by atoms with Gasteiger partial charge in [0.15, 0.2) is 5.78 Å². The normalized spacial score (nSPS) is 11.7. The summed E-state index contributed by atoms with van der Waals surface area (Å²) in [6.45, 7) is 1.41. The molecule has 0 saturated carbocycles. The Morgan fingerprint density at radius 3 is 2.52 bits per heavy atom. The van der Waals surface area contributed by atoms with E-state index in [1.807, 2.05) is 0 Å². The van der Waals surface area contributed by atoms with E-state index < -0.39 is 10.0 Å². The summed E-state index contributed by atoms with van der Waals surface area (Å²) >= 11 is 0. The van der Waals surface area contributed by atoms with Crippen molar-refractivity contribution in [2.45, 2.75) is 11.8 Å². The van der Waals surface area contributed by atoms with E-state index in [2.05, 4.69) is 4.98 Å². The van der Waals surface area contributed by atoms with Crippen LogP contribution in [-0.2, 0) is 10.0 Å². The van der Waals surface area contributed by atoms with E-state index in [1.54, 1.807) is 24.3 Å². The van der Waals surface area contributed by atoms with Gasteiger partial charge in [0.25, 0.3) is 10.0 Å². The molecule has 6 heteroatoms. The van der Waals surface area contributed by atoms with Gasteiger partial charge in [-0.1, -0.05) is 18.2 Å². The Labute approximate surface area is 121 Å². The maximum absolute atomic E-state index is 12.7. The quantitative estimate of drug-likeness (QED) is 0.697. The van der Waals surface area contributed by atoms with Crippen molar-refractivity contribution in [2.24, 2.45) is 0 Å². The second-order valence-corrected chi connectivity index (χ2v) is 6.42. The number of carbonyl (C=O) groups excluding carboxylic acids is 1. The van der Waals surface area contributed by atoms with Gasteiger partial charge >= 0.3 is 0 Å². The number of pyridine rings is 1. The Balaban J connectivity index is 2.34. The third-order valence-electron chi connectivity index (χ3n) is 3.25. The number of hydrogen-bond acceptors (Lipinski definition) is 4. The van der Waals surface area contributed by atoms with E-state index in [9.17, 15) is 13.2 Å². The van der Waals surface area contributed by atoms with Crippen LogP contribution in [0, 0.1) is 0 Å². The van der Waals surface area contributed by atoms with E-state index in [1.165, 1.54) is 37.6 Å². The monoisotopic (exact) mass is 300 g/mol. The van der Waals surface area contributed by atoms with Gasteiger partial charge in [0.05, 0.1) is 16.6 Å². The molecule has 106 valence electrons. The number of hydrogen-bond donors (Lipinski definition) is 0. The highest BCUT2D eigenvalue weighted by Crippen LogP contribution is 2.25. The van der Waals surface area contributed by atoms with E-state index in [0.717, 1.165) is 3.97 Å². The van der Waals surface area contributed by atoms with Crippen molar-refractivity contribution in [3.63, 3.8) is 0 Å². The maximum atomic E-state index is 12.7. The van der Waals surface area contributed by atoms with Crippen LogP contribution >= 0.6 is 0 Å². The first-order valence-corrected chi connectivity index (χ1v) is 7.72. The molecule has 0 amide bonds. The van der Waals surface area contributed by atoms with Crippen LogP contribution in [0.3, 0.4) is 0 Å². The van der Waals surface area contributed by atoms with Crippen LogP contribution in [0.25, 0.3) is 10.9 Å². The van der Waals surface area contributed by atoms with Crippen LogP contribution in [-0.4, -0.2) is 23.2 Å². The minimum Gasteiger partial charge on any atom is -0.294 e. The lowest BCUT2D eigenvalue weighted by molar-refractivity contribution is 0.101. The van der Waals surface area contributed by atoms with Crippen molar-refractivity contribution < 1.29 is 13.2 Å². The summed E-state index contributed by atoms with van der Waals surface area (Å²) in [6, 6.07) is 9.74. The summed E-state index contributed by atoms with van der Waals surface area (Å²) < 4.78 is 26.5. The summed E-state index contributed by atoms with van der Waals surface area (Å²) in [5.74, 6) is -0.187. The van der Waals surface area contributed by atoms with Gasteiger partial charge in [0.2, 0.25) is 0 Å². The molecule has 5 nitrogen and oxygen atoms in total. The smallest absolute Gasteiger partial charge is 0.268 e. The highest BCUT2D eigenvalue weighted by atomic mass is 32.2. The molecule has 3 rings (SSSR count). The predicted molar refractivity (Wildman–Crippen MR) is 78.8 cm³/mol. The number of carbonyl (C=O) groups is 1. The van der Waals surface area contributed by atoms with Crippen molar-refractivity contribution in [2.75, 3.05) is 0 Å². The topological polar surface area (TPSA) is 69.0 Å². The zero-order chi connectivity index (χ0) is 15.0. The first-order chi connectivity index (χ1) is 10.0. The lowest BCUT2D eigenvalue weighted by atomic mass is 10.1. The molecular formula is C15H12N2O3S. The molecule has 0 aliphatic heterocycles. The van der Waals surface area contributed by atoms with Gasteiger partial charge < -0.3 is 0 Å². The lowest BCUT2D eigenvalue weighted by Crippen LogP contribution is -2.11. The Kier molecular flexibility index (Phi) is 3.10. The number of fused-ring (bicyclic) bond motifs is 1. The van der Waals surface area contributed by atoms with Crippen molar-refractivity contribution in [3.05, 3.63) is 60.6 Å². The average molecular weight is 300 g/mol. The number of aromatic nitrogens is 2. The van der Waals surface area contributed by atoms with Gasteiger partial charge in [-0.2, -0.15) is 0 Å². The Morgan fingerprint density at radius 2 is 1.86 bits per heavy atom. The maximum Gasteiger partial charge on any atom is 0.268 e. The SMILES string of the molecule is CC(=O)c1cn(S(=O)(=O)c2ccccc2)c2cnccc12. The van der Waals surface area contributed by atoms with E-state index in [-0.39, 0.29) is 10.7 Å². The molecule has 2 heterocycles. The van der Waals surface area contributed by atoms with Gasteiger partial charge in [-0.05, 0) is 25.1 Å². The minimum absolute atomic E-state index is 0.167. The second kappa shape index (κ2) is 4.82. The lowest BCUT2D eigenvalue weighted by Gasteiger charge is -2.06. The number of benzene rings is 1. The Bertz CT molecular complexity index is 928. The molecule has 0 aliphatic carbocycles. The molecule has 0 saturated heterocycles. The summed E-state index contributed by atoms with van der Waals surface area (Å²) in [4.78, 5) is 15.8. The number of rotatable bonds is 3. The van der Waals surface area contributed by atoms with Gasteiger partial charge in [-0.3, -0.25) is 9.78 Å². The highest BCUT2D eigenvalue weighted by Gasteiger charge is 2.22. The highest BCUT2D eigenvalue weighted by molar-refractivity contribution is 7.90. The Morgan fingerprint density at radius 1 is 1.14 bits per heavy atom. The van der Waals surface area contributed by atoms with Crippen LogP contribution in [0.2, 0.25) is 0 Å². The van der Waals surface area contributed by atoms with Crippen LogP contribution < -0.4 is 0 Å². The Hall–Kier alpha value is -2.47. The molecule has 0 unspecified atom stereocenters. The van der Waals surface area contributed by atoms with E-state index >= 15 is 0 Å². The molecule has 0 atom stereocenters. The largest absolute Gasteiger partial charge is 0.294 e. The van der Waals surface area contributed by atoms with Crippen LogP contribution in [0.15, 0.2) is 59.9 Å². The van der Waals surface area contributed by atoms with Crippen molar-refractivity contribution >= 4 is 26.7 Å². The van der Waals surface area contributed by atoms with Gasteiger partial charge in [-0.15, -0.1) is 0 Å². The van der Waals surface area contributed by atoms with Crippen LogP contribution in [0.5, 0.6) is 0 Å². The van der Waals surface area contributed by atoms with E-state index in [0.29, 0.717) is 16.5 Å². The van der Waals surface area contributed by atoms with Crippen molar-refractivity contribution in [3.8, 4) is 0 Å². The van der Waals surface area contributed by atoms with Crippen LogP contribution in [0.4, 0.5) is 0 Å². The summed E-state index contributed by atoms with van der Waals surface area (Å²) in [5.41, 5.74) is 0.762. The van der Waals surface area contributed by atoms with Gasteiger partial charge in [0.1, 0.15) is 0 Å². The molecule has 0 aliphatic rings. The molecule has 21 heavy (non-hydrogen) atoms. The van der Waals surface area contributed by atoms with Crippen molar-refractivity contribution in [1.29, 1.82) is 0 Å². The predicted octanol–water partition coefficient (Wildman–Crippen LogP) is 2.48.